The summed E-state index contributed by atoms with van der Waals surface area (Å²) in [6, 6.07) is 5.82. The zero-order valence-electron chi connectivity index (χ0n) is 9.54. The van der Waals surface area contributed by atoms with Crippen molar-refractivity contribution in [2.75, 3.05) is 4.90 Å². The summed E-state index contributed by atoms with van der Waals surface area (Å²) in [6.07, 6.45) is 0.229. The predicted molar refractivity (Wildman–Crippen MR) is 61.8 cm³/mol. The summed E-state index contributed by atoms with van der Waals surface area (Å²) in [5.41, 5.74) is 1.18. The number of imide groups is 2. The highest BCUT2D eigenvalue weighted by atomic mass is 16.2. The third kappa shape index (κ3) is 1.88. The molecule has 6 nitrogen and oxygen atoms in total. The molecule has 0 aromatic heterocycles. The number of anilines is 1. The van der Waals surface area contributed by atoms with Crippen molar-refractivity contribution in [2.45, 2.75) is 6.92 Å². The number of aldehydes is 1. The molecule has 1 aliphatic heterocycles. The van der Waals surface area contributed by atoms with Crippen molar-refractivity contribution < 1.29 is 19.2 Å². The Balaban J connectivity index is 2.43. The number of nitrogens with one attached hydrogen (secondary N) is 1. The molecule has 18 heavy (non-hydrogen) atoms. The van der Waals surface area contributed by atoms with E-state index in [0.29, 0.717) is 5.69 Å². The number of nitrogens with zero attached hydrogens (tertiary/aromatic N) is 1. The van der Waals surface area contributed by atoms with E-state index in [0.717, 1.165) is 10.5 Å². The zero-order valence-corrected chi connectivity index (χ0v) is 9.54. The highest BCUT2D eigenvalue weighted by Gasteiger charge is 2.41. The monoisotopic (exact) mass is 246 g/mol. The van der Waals surface area contributed by atoms with Gasteiger partial charge in [-0.3, -0.25) is 14.9 Å². The minimum atomic E-state index is -1.47. The summed E-state index contributed by atoms with van der Waals surface area (Å²) in [6.45, 7) is 1.80. The second-order valence-electron chi connectivity index (χ2n) is 3.92. The highest BCUT2D eigenvalue weighted by Crippen LogP contribution is 2.20. The number of urea groups is 1. The number of amides is 4. The van der Waals surface area contributed by atoms with Gasteiger partial charge in [0.1, 0.15) is 6.29 Å². The quantitative estimate of drug-likeness (QED) is 0.604. The lowest BCUT2D eigenvalue weighted by Crippen LogP contribution is -2.58. The van der Waals surface area contributed by atoms with Crippen molar-refractivity contribution in [1.82, 2.24) is 5.32 Å². The van der Waals surface area contributed by atoms with Gasteiger partial charge in [0.05, 0.1) is 5.69 Å². The first-order chi connectivity index (χ1) is 8.54. The van der Waals surface area contributed by atoms with Gasteiger partial charge in [0, 0.05) is 0 Å². The molecule has 0 aliphatic carbocycles. The molecule has 1 fully saturated rings. The topological polar surface area (TPSA) is 83.6 Å². The molecule has 0 saturated carbocycles. The van der Waals surface area contributed by atoms with Crippen LogP contribution >= 0.6 is 0 Å². The van der Waals surface area contributed by atoms with E-state index in [1.54, 1.807) is 31.2 Å². The number of carbonyl (C=O) groups excluding carboxylic acids is 4. The van der Waals surface area contributed by atoms with Crippen molar-refractivity contribution in [3.8, 4) is 0 Å². The van der Waals surface area contributed by atoms with Gasteiger partial charge >= 0.3 is 6.03 Å². The van der Waals surface area contributed by atoms with Gasteiger partial charge in [-0.25, -0.2) is 9.69 Å². The molecule has 0 radical (unpaired) electrons. The van der Waals surface area contributed by atoms with Gasteiger partial charge in [-0.1, -0.05) is 12.1 Å². The van der Waals surface area contributed by atoms with E-state index >= 15 is 0 Å². The predicted octanol–water partition coefficient (Wildman–Crippen LogP) is 0.393. The van der Waals surface area contributed by atoms with Crippen LogP contribution in [0.1, 0.15) is 5.56 Å². The van der Waals surface area contributed by atoms with Crippen molar-refractivity contribution >= 4 is 29.8 Å². The number of carbonyl (C=O) groups is 4. The summed E-state index contributed by atoms with van der Waals surface area (Å²) in [5, 5.41) is 1.97. The molecular formula is C12H10N2O4. The number of rotatable bonds is 2. The standard InChI is InChI=1S/C12H10N2O4/c1-7-3-2-4-8(5-7)14-11(17)9(6-15)10(16)13-12(14)18/h2-6,9H,1H3,(H,13,16,18)/t9-/m0/s1. The van der Waals surface area contributed by atoms with E-state index in [-0.39, 0.29) is 6.29 Å². The summed E-state index contributed by atoms with van der Waals surface area (Å²) in [7, 11) is 0. The van der Waals surface area contributed by atoms with Crippen LogP contribution in [-0.2, 0) is 14.4 Å². The van der Waals surface area contributed by atoms with Crippen LogP contribution in [0.5, 0.6) is 0 Å². The minimum absolute atomic E-state index is 0.229. The van der Waals surface area contributed by atoms with Gasteiger partial charge in [0.25, 0.3) is 5.91 Å². The van der Waals surface area contributed by atoms with E-state index < -0.39 is 23.8 Å². The van der Waals surface area contributed by atoms with Crippen LogP contribution in [0.25, 0.3) is 0 Å². The molecule has 1 N–H and O–H groups in total. The number of barbiturate groups is 1. The minimum Gasteiger partial charge on any atom is -0.302 e. The van der Waals surface area contributed by atoms with Gasteiger partial charge in [0.15, 0.2) is 5.92 Å². The Kier molecular flexibility index (Phi) is 2.93. The molecule has 1 aliphatic rings. The lowest BCUT2D eigenvalue weighted by molar-refractivity contribution is -0.137. The third-order valence-corrected chi connectivity index (χ3v) is 2.60. The van der Waals surface area contributed by atoms with E-state index in [4.69, 9.17) is 0 Å². The first-order valence-electron chi connectivity index (χ1n) is 5.25. The van der Waals surface area contributed by atoms with Crippen LogP contribution in [0, 0.1) is 12.8 Å². The summed E-state index contributed by atoms with van der Waals surface area (Å²) < 4.78 is 0. The fraction of sp³-hybridized carbons (Fsp3) is 0.167. The smallest absolute Gasteiger partial charge is 0.302 e. The molecule has 0 bridgehead atoms. The lowest BCUT2D eigenvalue weighted by atomic mass is 10.1. The fourth-order valence-electron chi connectivity index (χ4n) is 1.72. The number of hydrogen-bond acceptors (Lipinski definition) is 4. The first-order valence-corrected chi connectivity index (χ1v) is 5.25. The number of aryl methyl sites for hydroxylation is 1. The van der Waals surface area contributed by atoms with E-state index in [1.165, 1.54) is 0 Å². The van der Waals surface area contributed by atoms with Crippen LogP contribution in [0.4, 0.5) is 10.5 Å². The van der Waals surface area contributed by atoms with Crippen LogP contribution in [0.3, 0.4) is 0 Å². The van der Waals surface area contributed by atoms with Gasteiger partial charge in [0.2, 0.25) is 5.91 Å². The second-order valence-corrected chi connectivity index (χ2v) is 3.92. The van der Waals surface area contributed by atoms with Crippen LogP contribution in [-0.4, -0.2) is 24.1 Å². The maximum Gasteiger partial charge on any atom is 0.335 e. The third-order valence-electron chi connectivity index (χ3n) is 2.60. The van der Waals surface area contributed by atoms with E-state index in [1.807, 2.05) is 5.32 Å². The average molecular weight is 246 g/mol. The van der Waals surface area contributed by atoms with E-state index in [9.17, 15) is 19.2 Å². The molecule has 4 amide bonds. The Bertz CT molecular complexity index is 553. The number of hydrogen-bond donors (Lipinski definition) is 1. The SMILES string of the molecule is Cc1cccc(N2C(=O)NC(=O)[C@H](C=O)C2=O)c1. The second kappa shape index (κ2) is 4.40. The van der Waals surface area contributed by atoms with E-state index in [2.05, 4.69) is 0 Å². The summed E-state index contributed by atoms with van der Waals surface area (Å²) >= 11 is 0. The normalized spacial score (nSPS) is 19.7. The lowest BCUT2D eigenvalue weighted by Gasteiger charge is -2.27. The van der Waals surface area contributed by atoms with Gasteiger partial charge in [-0.05, 0) is 24.6 Å². The average Bonchev–Trinajstić information content (AvgIpc) is 2.28. The first kappa shape index (κ1) is 12.0. The van der Waals surface area contributed by atoms with Crippen LogP contribution in [0.2, 0.25) is 0 Å². The Hall–Kier alpha value is -2.50. The molecule has 1 saturated heterocycles. The molecule has 0 unspecified atom stereocenters. The molecule has 1 heterocycles. The maximum absolute atomic E-state index is 11.9. The molecule has 0 spiro atoms. The Morgan fingerprint density at radius 2 is 2.00 bits per heavy atom. The Morgan fingerprint density at radius 1 is 1.28 bits per heavy atom. The zero-order chi connectivity index (χ0) is 13.3. The van der Waals surface area contributed by atoms with Gasteiger partial charge < -0.3 is 4.79 Å². The fourth-order valence-corrected chi connectivity index (χ4v) is 1.72. The van der Waals surface area contributed by atoms with Gasteiger partial charge in [-0.2, -0.15) is 0 Å². The Morgan fingerprint density at radius 3 is 2.61 bits per heavy atom. The molecule has 6 heteroatoms. The summed E-state index contributed by atoms with van der Waals surface area (Å²) in [5.74, 6) is -3.18. The molecule has 1 aromatic carbocycles. The number of benzene rings is 1. The van der Waals surface area contributed by atoms with Crippen LogP contribution < -0.4 is 10.2 Å². The van der Waals surface area contributed by atoms with Crippen molar-refractivity contribution in [1.29, 1.82) is 0 Å². The van der Waals surface area contributed by atoms with Gasteiger partial charge in [-0.15, -0.1) is 0 Å². The maximum atomic E-state index is 11.9. The largest absolute Gasteiger partial charge is 0.335 e. The Labute approximate surface area is 103 Å². The molecular weight excluding hydrogens is 236 g/mol. The van der Waals surface area contributed by atoms with Crippen LogP contribution in [0.15, 0.2) is 24.3 Å². The highest BCUT2D eigenvalue weighted by molar-refractivity contribution is 6.32. The van der Waals surface area contributed by atoms with Crippen molar-refractivity contribution in [3.63, 3.8) is 0 Å². The summed E-state index contributed by atoms with van der Waals surface area (Å²) in [4.78, 5) is 46.3. The molecule has 92 valence electrons. The molecule has 2 rings (SSSR count). The van der Waals surface area contributed by atoms with Crippen molar-refractivity contribution in [3.05, 3.63) is 29.8 Å². The molecule has 1 aromatic rings. The molecule has 1 atom stereocenters. The van der Waals surface area contributed by atoms with Crippen molar-refractivity contribution in [2.24, 2.45) is 5.92 Å².